The lowest BCUT2D eigenvalue weighted by Crippen LogP contribution is -2.25. The Bertz CT molecular complexity index is 299. The van der Waals surface area contributed by atoms with Crippen LogP contribution in [0.15, 0.2) is 18.2 Å². The fourth-order valence-corrected chi connectivity index (χ4v) is 1.69. The second-order valence-corrected chi connectivity index (χ2v) is 3.12. The molecule has 0 unspecified atom stereocenters. The van der Waals surface area contributed by atoms with E-state index in [0.29, 0.717) is 0 Å². The summed E-state index contributed by atoms with van der Waals surface area (Å²) in [5.41, 5.74) is 2.29. The third-order valence-electron chi connectivity index (χ3n) is 2.40. The Balaban J connectivity index is 2.43. The van der Waals surface area contributed by atoms with Crippen molar-refractivity contribution < 1.29 is 9.76 Å². The van der Waals surface area contributed by atoms with Crippen molar-refractivity contribution in [2.24, 2.45) is 0 Å². The van der Waals surface area contributed by atoms with Crippen LogP contribution < -0.4 is 10.2 Å². The zero-order chi connectivity index (χ0) is 8.55. The first kappa shape index (κ1) is 7.68. The summed E-state index contributed by atoms with van der Waals surface area (Å²) in [5, 5.41) is 9.55. The van der Waals surface area contributed by atoms with Crippen LogP contribution in [0.25, 0.3) is 0 Å². The average Bonchev–Trinajstić information content (AvgIpc) is 2.47. The van der Waals surface area contributed by atoms with Gasteiger partial charge in [-0.3, -0.25) is 0 Å². The Hall–Kier alpha value is -0.955. The highest BCUT2D eigenvalue weighted by Crippen LogP contribution is 2.17. The molecule has 0 radical (unpaired) electrons. The van der Waals surface area contributed by atoms with Crippen molar-refractivity contribution >= 4 is 12.4 Å². The smallest absolute Gasteiger partial charge is 0.324 e. The molecule has 0 amide bonds. The summed E-state index contributed by atoms with van der Waals surface area (Å²) in [7, 11) is 1.64. The van der Waals surface area contributed by atoms with Crippen LogP contribution in [0.5, 0.6) is 5.75 Å². The third-order valence-corrected chi connectivity index (χ3v) is 2.40. The number of aryl methyl sites for hydroxylation is 1. The van der Waals surface area contributed by atoms with Gasteiger partial charge < -0.3 is 9.76 Å². The lowest BCUT2D eigenvalue weighted by molar-refractivity contribution is 0.415. The van der Waals surface area contributed by atoms with Crippen LogP contribution in [0.3, 0.4) is 0 Å². The molecule has 2 rings (SSSR count). The first-order chi connectivity index (χ1) is 5.81. The number of methoxy groups -OCH3 is 1. The topological polar surface area (TPSA) is 29.5 Å². The standard InChI is InChI=1S/C9H11BO2/c1-12-8-3-2-7-4-5-10(11)9(7)6-8/h2-3,6,11H,4-5H2,1H3. The van der Waals surface area contributed by atoms with Crippen LogP contribution in [0.1, 0.15) is 5.56 Å². The van der Waals surface area contributed by atoms with Gasteiger partial charge >= 0.3 is 6.92 Å². The van der Waals surface area contributed by atoms with Crippen molar-refractivity contribution in [2.45, 2.75) is 12.7 Å². The SMILES string of the molecule is COc1ccc2c(c1)B(O)CC2. The Kier molecular flexibility index (Phi) is 1.81. The Labute approximate surface area is 72.3 Å². The largest absolute Gasteiger partial charge is 0.497 e. The number of hydrogen-bond acceptors (Lipinski definition) is 2. The van der Waals surface area contributed by atoms with E-state index in [0.717, 1.165) is 24.0 Å². The van der Waals surface area contributed by atoms with E-state index in [1.165, 1.54) is 5.56 Å². The van der Waals surface area contributed by atoms with Gasteiger partial charge in [0.05, 0.1) is 7.11 Å². The molecule has 0 aliphatic carbocycles. The molecule has 1 heterocycles. The lowest BCUT2D eigenvalue weighted by atomic mass is 9.63. The lowest BCUT2D eigenvalue weighted by Gasteiger charge is -2.04. The fraction of sp³-hybridized carbons (Fsp3) is 0.333. The number of ether oxygens (including phenoxy) is 1. The molecule has 1 aromatic rings. The molecule has 1 aliphatic rings. The van der Waals surface area contributed by atoms with Crippen molar-refractivity contribution in [1.82, 2.24) is 0 Å². The summed E-state index contributed by atoms with van der Waals surface area (Å²) >= 11 is 0. The Morgan fingerprint density at radius 2 is 2.33 bits per heavy atom. The van der Waals surface area contributed by atoms with Gasteiger partial charge in [-0.1, -0.05) is 11.6 Å². The number of fused-ring (bicyclic) bond motifs is 1. The van der Waals surface area contributed by atoms with Gasteiger partial charge in [0, 0.05) is 0 Å². The quantitative estimate of drug-likeness (QED) is 0.607. The van der Waals surface area contributed by atoms with Gasteiger partial charge in [-0.15, -0.1) is 0 Å². The van der Waals surface area contributed by atoms with Crippen LogP contribution in [-0.4, -0.2) is 19.0 Å². The Morgan fingerprint density at radius 1 is 1.50 bits per heavy atom. The number of rotatable bonds is 1. The van der Waals surface area contributed by atoms with Crippen molar-refractivity contribution in [3.8, 4) is 5.75 Å². The Morgan fingerprint density at radius 3 is 3.08 bits per heavy atom. The highest BCUT2D eigenvalue weighted by molar-refractivity contribution is 6.68. The van der Waals surface area contributed by atoms with E-state index in [9.17, 15) is 5.02 Å². The molecule has 0 bridgehead atoms. The molecule has 1 aliphatic heterocycles. The maximum absolute atomic E-state index is 9.55. The normalized spacial score (nSPS) is 14.7. The summed E-state index contributed by atoms with van der Waals surface area (Å²) in [6, 6.07) is 5.90. The second kappa shape index (κ2) is 2.83. The van der Waals surface area contributed by atoms with E-state index in [1.807, 2.05) is 18.2 Å². The molecule has 12 heavy (non-hydrogen) atoms. The predicted octanol–water partition coefficient (Wildman–Crippen LogP) is 0.442. The molecule has 0 saturated carbocycles. The summed E-state index contributed by atoms with van der Waals surface area (Å²) in [6.45, 7) is -0.282. The average molecular weight is 162 g/mol. The molecular formula is C9H11BO2. The highest BCUT2D eigenvalue weighted by Gasteiger charge is 2.24. The molecule has 62 valence electrons. The molecule has 0 fully saturated rings. The second-order valence-electron chi connectivity index (χ2n) is 3.12. The van der Waals surface area contributed by atoms with Gasteiger partial charge in [-0.25, -0.2) is 0 Å². The van der Waals surface area contributed by atoms with Crippen LogP contribution >= 0.6 is 0 Å². The minimum atomic E-state index is -0.282. The predicted molar refractivity (Wildman–Crippen MR) is 49.1 cm³/mol. The molecular weight excluding hydrogens is 151 g/mol. The van der Waals surface area contributed by atoms with E-state index in [-0.39, 0.29) is 6.92 Å². The van der Waals surface area contributed by atoms with E-state index in [4.69, 9.17) is 4.74 Å². The monoisotopic (exact) mass is 162 g/mol. The van der Waals surface area contributed by atoms with Crippen LogP contribution in [0.4, 0.5) is 0 Å². The minimum Gasteiger partial charge on any atom is -0.497 e. The molecule has 1 aromatic carbocycles. The van der Waals surface area contributed by atoms with Gasteiger partial charge in [-0.2, -0.15) is 0 Å². The first-order valence-corrected chi connectivity index (χ1v) is 4.16. The maximum Gasteiger partial charge on any atom is 0.324 e. The third kappa shape index (κ3) is 1.10. The molecule has 0 saturated heterocycles. The first-order valence-electron chi connectivity index (χ1n) is 4.16. The molecule has 0 aromatic heterocycles. The van der Waals surface area contributed by atoms with Crippen molar-refractivity contribution in [2.75, 3.05) is 7.11 Å². The van der Waals surface area contributed by atoms with E-state index in [2.05, 4.69) is 0 Å². The van der Waals surface area contributed by atoms with Gasteiger partial charge in [0.25, 0.3) is 0 Å². The fourth-order valence-electron chi connectivity index (χ4n) is 1.69. The molecule has 2 nitrogen and oxygen atoms in total. The minimum absolute atomic E-state index is 0.282. The van der Waals surface area contributed by atoms with Crippen molar-refractivity contribution in [3.63, 3.8) is 0 Å². The molecule has 1 N–H and O–H groups in total. The van der Waals surface area contributed by atoms with Gasteiger partial charge in [0.2, 0.25) is 0 Å². The summed E-state index contributed by atoms with van der Waals surface area (Å²) in [5.74, 6) is 0.828. The highest BCUT2D eigenvalue weighted by atomic mass is 16.5. The zero-order valence-corrected chi connectivity index (χ0v) is 7.08. The van der Waals surface area contributed by atoms with Crippen molar-refractivity contribution in [1.29, 1.82) is 0 Å². The number of hydrogen-bond donors (Lipinski definition) is 1. The van der Waals surface area contributed by atoms with E-state index in [1.54, 1.807) is 7.11 Å². The maximum atomic E-state index is 9.55. The zero-order valence-electron chi connectivity index (χ0n) is 7.08. The summed E-state index contributed by atoms with van der Waals surface area (Å²) in [4.78, 5) is 0. The van der Waals surface area contributed by atoms with Crippen LogP contribution in [0, 0.1) is 0 Å². The van der Waals surface area contributed by atoms with Gasteiger partial charge in [0.1, 0.15) is 5.75 Å². The summed E-state index contributed by atoms with van der Waals surface area (Å²) < 4.78 is 5.08. The molecule has 3 heteroatoms. The van der Waals surface area contributed by atoms with Crippen LogP contribution in [-0.2, 0) is 6.42 Å². The number of benzene rings is 1. The van der Waals surface area contributed by atoms with E-state index >= 15 is 0 Å². The van der Waals surface area contributed by atoms with Crippen LogP contribution in [0.2, 0.25) is 6.32 Å². The van der Waals surface area contributed by atoms with E-state index < -0.39 is 0 Å². The van der Waals surface area contributed by atoms with Crippen molar-refractivity contribution in [3.05, 3.63) is 23.8 Å². The molecule has 0 atom stereocenters. The van der Waals surface area contributed by atoms with Gasteiger partial charge in [-0.05, 0) is 30.3 Å². The molecule has 0 spiro atoms. The summed E-state index contributed by atoms with van der Waals surface area (Å²) in [6.07, 6.45) is 1.84. The van der Waals surface area contributed by atoms with Gasteiger partial charge in [0.15, 0.2) is 0 Å².